The third-order valence-corrected chi connectivity index (χ3v) is 4.68. The van der Waals surface area contributed by atoms with Crippen LogP contribution in [-0.2, 0) is 4.79 Å². The van der Waals surface area contributed by atoms with Crippen molar-refractivity contribution in [2.75, 3.05) is 24.7 Å². The molecule has 8 heteroatoms. The van der Waals surface area contributed by atoms with Crippen LogP contribution >= 0.6 is 11.8 Å². The Kier molecular flexibility index (Phi) is 4.75. The SMILES string of the molecule is CSc1cnn(-c2ccccc2)c1NC(=O)N1CCNC(=O)C1C. The average molecular weight is 345 g/mol. The van der Waals surface area contributed by atoms with Crippen LogP contribution in [0.5, 0.6) is 0 Å². The van der Waals surface area contributed by atoms with Crippen molar-refractivity contribution in [2.45, 2.75) is 17.9 Å². The fraction of sp³-hybridized carbons (Fsp3) is 0.312. The fourth-order valence-electron chi connectivity index (χ4n) is 2.60. The highest BCUT2D eigenvalue weighted by Crippen LogP contribution is 2.28. The van der Waals surface area contributed by atoms with Crippen molar-refractivity contribution >= 4 is 29.5 Å². The molecule has 2 N–H and O–H groups in total. The Labute approximate surface area is 144 Å². The summed E-state index contributed by atoms with van der Waals surface area (Å²) in [6, 6.07) is 8.80. The second-order valence-electron chi connectivity index (χ2n) is 5.40. The van der Waals surface area contributed by atoms with E-state index in [9.17, 15) is 9.59 Å². The van der Waals surface area contributed by atoms with E-state index in [-0.39, 0.29) is 11.9 Å². The number of hydrogen-bond donors (Lipinski definition) is 2. The van der Waals surface area contributed by atoms with Crippen LogP contribution in [0, 0.1) is 0 Å². The summed E-state index contributed by atoms with van der Waals surface area (Å²) in [7, 11) is 0. The maximum atomic E-state index is 12.7. The second-order valence-corrected chi connectivity index (χ2v) is 6.25. The smallest absolute Gasteiger partial charge is 0.323 e. The average Bonchev–Trinajstić information content (AvgIpc) is 3.00. The Morgan fingerprint density at radius 2 is 2.12 bits per heavy atom. The number of benzene rings is 1. The summed E-state index contributed by atoms with van der Waals surface area (Å²) in [5.41, 5.74) is 0.859. The number of rotatable bonds is 3. The summed E-state index contributed by atoms with van der Waals surface area (Å²) >= 11 is 1.51. The number of aromatic nitrogens is 2. The number of nitrogens with zero attached hydrogens (tertiary/aromatic N) is 3. The number of urea groups is 1. The van der Waals surface area contributed by atoms with Crippen LogP contribution in [0.15, 0.2) is 41.4 Å². The van der Waals surface area contributed by atoms with Gasteiger partial charge in [-0.25, -0.2) is 9.48 Å². The Bertz CT molecular complexity index is 746. The van der Waals surface area contributed by atoms with E-state index in [4.69, 9.17) is 0 Å². The van der Waals surface area contributed by atoms with Gasteiger partial charge in [-0.05, 0) is 25.3 Å². The predicted molar refractivity (Wildman–Crippen MR) is 93.5 cm³/mol. The van der Waals surface area contributed by atoms with Gasteiger partial charge in [0.2, 0.25) is 5.91 Å². The van der Waals surface area contributed by atoms with E-state index in [2.05, 4.69) is 15.7 Å². The van der Waals surface area contributed by atoms with Gasteiger partial charge in [-0.1, -0.05) is 18.2 Å². The predicted octanol–water partition coefficient (Wildman–Crippen LogP) is 1.95. The van der Waals surface area contributed by atoms with E-state index in [1.54, 1.807) is 17.8 Å². The number of piperazine rings is 1. The minimum Gasteiger partial charge on any atom is -0.353 e. The van der Waals surface area contributed by atoms with Crippen LogP contribution in [-0.4, -0.2) is 52.0 Å². The second kappa shape index (κ2) is 6.96. The first kappa shape index (κ1) is 16.4. The molecule has 0 bridgehead atoms. The van der Waals surface area contributed by atoms with E-state index in [1.807, 2.05) is 36.6 Å². The minimum atomic E-state index is -0.496. The topological polar surface area (TPSA) is 79.3 Å². The van der Waals surface area contributed by atoms with Gasteiger partial charge < -0.3 is 10.2 Å². The Balaban J connectivity index is 1.88. The molecule has 2 aromatic rings. The summed E-state index contributed by atoms with van der Waals surface area (Å²) in [5, 5.41) is 10.0. The molecule has 7 nitrogen and oxygen atoms in total. The van der Waals surface area contributed by atoms with Crippen LogP contribution < -0.4 is 10.6 Å². The minimum absolute atomic E-state index is 0.141. The van der Waals surface area contributed by atoms with Gasteiger partial charge in [-0.2, -0.15) is 5.10 Å². The molecule has 2 heterocycles. The maximum absolute atomic E-state index is 12.7. The number of nitrogens with one attached hydrogen (secondary N) is 2. The monoisotopic (exact) mass is 345 g/mol. The lowest BCUT2D eigenvalue weighted by atomic mass is 10.2. The molecule has 24 heavy (non-hydrogen) atoms. The lowest BCUT2D eigenvalue weighted by molar-refractivity contribution is -0.126. The third kappa shape index (κ3) is 3.09. The zero-order valence-electron chi connectivity index (χ0n) is 13.5. The first-order valence-corrected chi connectivity index (χ1v) is 8.87. The molecule has 0 saturated carbocycles. The molecule has 3 rings (SSSR count). The molecule has 1 atom stereocenters. The largest absolute Gasteiger partial charge is 0.353 e. The van der Waals surface area contributed by atoms with E-state index in [1.165, 1.54) is 16.7 Å². The van der Waals surface area contributed by atoms with Crippen LogP contribution in [0.1, 0.15) is 6.92 Å². The molecule has 1 aliphatic heterocycles. The Morgan fingerprint density at radius 3 is 2.83 bits per heavy atom. The van der Waals surface area contributed by atoms with E-state index in [0.29, 0.717) is 18.9 Å². The first-order valence-electron chi connectivity index (χ1n) is 7.64. The fourth-order valence-corrected chi connectivity index (χ4v) is 3.08. The molecule has 1 unspecified atom stereocenters. The lowest BCUT2D eigenvalue weighted by Gasteiger charge is -2.32. The van der Waals surface area contributed by atoms with E-state index < -0.39 is 6.04 Å². The van der Waals surface area contributed by atoms with Crippen LogP contribution in [0.3, 0.4) is 0 Å². The van der Waals surface area contributed by atoms with Crippen molar-refractivity contribution in [1.82, 2.24) is 20.0 Å². The number of thioether (sulfide) groups is 1. The van der Waals surface area contributed by atoms with Gasteiger partial charge in [0.1, 0.15) is 6.04 Å². The summed E-state index contributed by atoms with van der Waals surface area (Å²) in [4.78, 5) is 26.8. The standard InChI is InChI=1S/C16H19N5O2S/c1-11-15(22)17-8-9-20(11)16(23)19-14-13(24-2)10-18-21(14)12-6-4-3-5-7-12/h3-7,10-11H,8-9H2,1-2H3,(H,17,22)(H,19,23). The summed E-state index contributed by atoms with van der Waals surface area (Å²) in [6.45, 7) is 2.66. The molecular formula is C16H19N5O2S. The van der Waals surface area contributed by atoms with Crippen LogP contribution in [0.25, 0.3) is 5.69 Å². The molecule has 1 aliphatic rings. The van der Waals surface area contributed by atoms with E-state index >= 15 is 0 Å². The summed E-state index contributed by atoms with van der Waals surface area (Å²) < 4.78 is 1.69. The number of carbonyl (C=O) groups excluding carboxylic acids is 2. The van der Waals surface area contributed by atoms with Gasteiger partial charge >= 0.3 is 6.03 Å². The van der Waals surface area contributed by atoms with Gasteiger partial charge in [-0.3, -0.25) is 10.1 Å². The molecule has 126 valence electrons. The van der Waals surface area contributed by atoms with Gasteiger partial charge in [0, 0.05) is 13.1 Å². The van der Waals surface area contributed by atoms with E-state index in [0.717, 1.165) is 10.6 Å². The van der Waals surface area contributed by atoms with Crippen molar-refractivity contribution in [2.24, 2.45) is 0 Å². The maximum Gasteiger partial charge on any atom is 0.323 e. The zero-order valence-corrected chi connectivity index (χ0v) is 14.3. The van der Waals surface area contributed by atoms with Crippen molar-refractivity contribution < 1.29 is 9.59 Å². The van der Waals surface area contributed by atoms with Crippen molar-refractivity contribution in [3.05, 3.63) is 36.5 Å². The van der Waals surface area contributed by atoms with Crippen molar-refractivity contribution in [1.29, 1.82) is 0 Å². The molecule has 0 spiro atoms. The normalized spacial score (nSPS) is 17.5. The molecule has 3 amide bonds. The zero-order chi connectivity index (χ0) is 17.1. The van der Waals surface area contributed by atoms with Gasteiger partial charge in [0.15, 0.2) is 5.82 Å². The highest BCUT2D eigenvalue weighted by Gasteiger charge is 2.30. The molecule has 1 aromatic carbocycles. The first-order chi connectivity index (χ1) is 11.6. The number of para-hydroxylation sites is 1. The lowest BCUT2D eigenvalue weighted by Crippen LogP contribution is -2.57. The number of carbonyl (C=O) groups is 2. The van der Waals surface area contributed by atoms with Gasteiger partial charge in [0.05, 0.1) is 16.8 Å². The summed E-state index contributed by atoms with van der Waals surface area (Å²) in [5.74, 6) is 0.468. The highest BCUT2D eigenvalue weighted by atomic mass is 32.2. The molecule has 0 radical (unpaired) electrons. The molecule has 1 fully saturated rings. The number of anilines is 1. The van der Waals surface area contributed by atoms with Gasteiger partial charge in [-0.15, -0.1) is 11.8 Å². The van der Waals surface area contributed by atoms with Crippen molar-refractivity contribution in [3.63, 3.8) is 0 Å². The molecule has 1 saturated heterocycles. The Morgan fingerprint density at radius 1 is 1.38 bits per heavy atom. The quantitative estimate of drug-likeness (QED) is 0.834. The molecule has 0 aliphatic carbocycles. The highest BCUT2D eigenvalue weighted by molar-refractivity contribution is 7.98. The number of hydrogen-bond acceptors (Lipinski definition) is 4. The molecule has 1 aromatic heterocycles. The number of amides is 3. The van der Waals surface area contributed by atoms with Crippen LogP contribution in [0.2, 0.25) is 0 Å². The van der Waals surface area contributed by atoms with Gasteiger partial charge in [0.25, 0.3) is 0 Å². The van der Waals surface area contributed by atoms with Crippen molar-refractivity contribution in [3.8, 4) is 5.69 Å². The molecular weight excluding hydrogens is 326 g/mol. The third-order valence-electron chi connectivity index (χ3n) is 3.94. The summed E-state index contributed by atoms with van der Waals surface area (Å²) in [6.07, 6.45) is 3.65. The Hall–Kier alpha value is -2.48. The van der Waals surface area contributed by atoms with Crippen LogP contribution in [0.4, 0.5) is 10.6 Å².